The van der Waals surface area contributed by atoms with Crippen molar-refractivity contribution in [2.45, 2.75) is 38.6 Å². The molecule has 3 atom stereocenters. The third-order valence-electron chi connectivity index (χ3n) is 7.61. The third kappa shape index (κ3) is 9.89. The van der Waals surface area contributed by atoms with Crippen LogP contribution in [0.3, 0.4) is 0 Å². The van der Waals surface area contributed by atoms with Crippen LogP contribution >= 0.6 is 11.6 Å². The van der Waals surface area contributed by atoms with E-state index in [0.29, 0.717) is 40.9 Å². The summed E-state index contributed by atoms with van der Waals surface area (Å²) in [7, 11) is 0. The standard InChI is InChI=1S/C34H41ClN6O8/c1-3-37-30(43)20-27-33(36)41(21(2)40-46)28-12-11-24(19-26(28)31(39-27)22-7-9-23(35)10-8-22)49-18-17-48-16-15-47-14-13-38-34(45)25-5-4-6-29(42)32(25)44/h4-12,19,21,27,33,42,44H,3,13-18,20,36H2,1-2H3,(H,37,43)(H,38,45)/t21?,27-,33?/m0/s1. The second-order valence-electron chi connectivity index (χ2n) is 11.0. The van der Waals surface area contributed by atoms with Gasteiger partial charge in [-0.05, 0) is 61.5 Å². The summed E-state index contributed by atoms with van der Waals surface area (Å²) in [5.74, 6) is -1.07. The van der Waals surface area contributed by atoms with E-state index in [1.807, 2.05) is 25.1 Å². The van der Waals surface area contributed by atoms with E-state index in [1.165, 1.54) is 18.2 Å². The van der Waals surface area contributed by atoms with Crippen LogP contribution in [0, 0.1) is 4.91 Å². The maximum Gasteiger partial charge on any atom is 0.255 e. The van der Waals surface area contributed by atoms with Crippen molar-refractivity contribution in [1.82, 2.24) is 10.6 Å². The number of nitrogens with two attached hydrogens (primary N) is 1. The number of anilines is 1. The summed E-state index contributed by atoms with van der Waals surface area (Å²) in [5.41, 5.74) is 9.23. The van der Waals surface area contributed by atoms with Gasteiger partial charge in [-0.2, -0.15) is 0 Å². The number of nitrogens with zero attached hydrogens (tertiary/aromatic N) is 3. The van der Waals surface area contributed by atoms with Crippen LogP contribution in [0.1, 0.15) is 41.8 Å². The van der Waals surface area contributed by atoms with Crippen molar-refractivity contribution in [2.75, 3.05) is 51.0 Å². The molecule has 49 heavy (non-hydrogen) atoms. The van der Waals surface area contributed by atoms with E-state index in [9.17, 15) is 24.7 Å². The number of carbonyl (C=O) groups is 2. The number of benzene rings is 3. The minimum absolute atomic E-state index is 0.00480. The van der Waals surface area contributed by atoms with Gasteiger partial charge < -0.3 is 45.7 Å². The Morgan fingerprint density at radius 2 is 1.73 bits per heavy atom. The van der Waals surface area contributed by atoms with Crippen LogP contribution < -0.4 is 26.0 Å². The minimum Gasteiger partial charge on any atom is -0.504 e. The van der Waals surface area contributed by atoms with Gasteiger partial charge in [0.15, 0.2) is 17.7 Å². The molecule has 3 aromatic rings. The summed E-state index contributed by atoms with van der Waals surface area (Å²) >= 11 is 6.18. The van der Waals surface area contributed by atoms with Gasteiger partial charge in [-0.25, -0.2) is 0 Å². The number of hydrogen-bond acceptors (Lipinski definition) is 12. The summed E-state index contributed by atoms with van der Waals surface area (Å²) in [6.07, 6.45) is -1.68. The fourth-order valence-corrected chi connectivity index (χ4v) is 5.36. The predicted octanol–water partition coefficient (Wildman–Crippen LogP) is 3.54. The van der Waals surface area contributed by atoms with E-state index < -0.39 is 30.0 Å². The number of aliphatic imine (C=N–C) groups is 1. The van der Waals surface area contributed by atoms with Gasteiger partial charge in [-0.1, -0.05) is 29.8 Å². The number of fused-ring (bicyclic) bond motifs is 1. The number of benzodiazepines with no additional fused rings is 1. The third-order valence-corrected chi connectivity index (χ3v) is 7.86. The molecular weight excluding hydrogens is 656 g/mol. The number of para-hydroxylation sites is 1. The maximum atomic E-state index is 12.7. The first-order chi connectivity index (χ1) is 23.6. The molecule has 2 unspecified atom stereocenters. The van der Waals surface area contributed by atoms with Crippen LogP contribution in [0.15, 0.2) is 70.8 Å². The lowest BCUT2D eigenvalue weighted by atomic mass is 9.99. The molecule has 0 spiro atoms. The lowest BCUT2D eigenvalue weighted by Crippen LogP contribution is -2.53. The van der Waals surface area contributed by atoms with Crippen LogP contribution in [0.5, 0.6) is 17.2 Å². The Bertz CT molecular complexity index is 1620. The Morgan fingerprint density at radius 1 is 1.02 bits per heavy atom. The Hall–Kier alpha value is -4.76. The van der Waals surface area contributed by atoms with Gasteiger partial charge in [0, 0.05) is 34.9 Å². The Balaban J connectivity index is 1.36. The number of amides is 2. The van der Waals surface area contributed by atoms with Crippen molar-refractivity contribution < 1.29 is 34.0 Å². The van der Waals surface area contributed by atoms with E-state index in [2.05, 4.69) is 15.8 Å². The van der Waals surface area contributed by atoms with Crippen LogP contribution in [0.4, 0.5) is 5.69 Å². The van der Waals surface area contributed by atoms with E-state index >= 15 is 0 Å². The molecule has 15 heteroatoms. The number of rotatable bonds is 17. The zero-order valence-corrected chi connectivity index (χ0v) is 28.1. The number of ether oxygens (including phenoxy) is 3. The average Bonchev–Trinajstić information content (AvgIpc) is 3.20. The van der Waals surface area contributed by atoms with Crippen LogP contribution in [-0.2, 0) is 14.3 Å². The molecule has 6 N–H and O–H groups in total. The van der Waals surface area contributed by atoms with E-state index in [-0.39, 0.29) is 56.6 Å². The van der Waals surface area contributed by atoms with Crippen molar-refractivity contribution in [3.8, 4) is 17.2 Å². The van der Waals surface area contributed by atoms with Crippen molar-refractivity contribution >= 4 is 34.8 Å². The van der Waals surface area contributed by atoms with Crippen LogP contribution in [0.2, 0.25) is 5.02 Å². The number of aromatic hydroxyl groups is 2. The zero-order chi connectivity index (χ0) is 35.3. The normalized spacial score (nSPS) is 16.2. The molecule has 0 aliphatic carbocycles. The first-order valence-corrected chi connectivity index (χ1v) is 16.2. The minimum atomic E-state index is -0.851. The lowest BCUT2D eigenvalue weighted by molar-refractivity contribution is -0.121. The van der Waals surface area contributed by atoms with Crippen molar-refractivity contribution in [3.05, 3.63) is 87.3 Å². The van der Waals surface area contributed by atoms with E-state index in [4.69, 9.17) is 36.5 Å². The smallest absolute Gasteiger partial charge is 0.255 e. The molecular formula is C34H41ClN6O8. The molecule has 0 saturated carbocycles. The molecule has 2 amide bonds. The number of phenolic OH excluding ortho intramolecular Hbond substituents is 2. The topological polar surface area (TPSA) is 197 Å². The van der Waals surface area contributed by atoms with Crippen molar-refractivity contribution in [3.63, 3.8) is 0 Å². The van der Waals surface area contributed by atoms with Crippen LogP contribution in [0.25, 0.3) is 0 Å². The van der Waals surface area contributed by atoms with Crippen LogP contribution in [-0.4, -0.2) is 92.2 Å². The molecule has 4 rings (SSSR count). The van der Waals surface area contributed by atoms with Gasteiger partial charge in [-0.3, -0.25) is 14.6 Å². The second-order valence-corrected chi connectivity index (χ2v) is 11.5. The first-order valence-electron chi connectivity index (χ1n) is 15.8. The SMILES string of the molecule is CCNC(=O)C[C@@H]1N=C(c2ccc(Cl)cc2)c2cc(OCCOCCOCCNC(=O)c3cccc(O)c3O)ccc2N(C(C)N=O)C1N. The highest BCUT2D eigenvalue weighted by molar-refractivity contribution is 6.30. The largest absolute Gasteiger partial charge is 0.504 e. The molecule has 0 bridgehead atoms. The molecule has 0 radical (unpaired) electrons. The van der Waals surface area contributed by atoms with Gasteiger partial charge in [0.1, 0.15) is 18.5 Å². The number of nitroso groups, excluding NO2 is 1. The average molecular weight is 697 g/mol. The van der Waals surface area contributed by atoms with Crippen molar-refractivity contribution in [1.29, 1.82) is 0 Å². The van der Waals surface area contributed by atoms with Gasteiger partial charge in [0.2, 0.25) is 5.91 Å². The number of phenols is 2. The lowest BCUT2D eigenvalue weighted by Gasteiger charge is -2.35. The predicted molar refractivity (Wildman–Crippen MR) is 186 cm³/mol. The maximum absolute atomic E-state index is 12.7. The number of nitrogens with one attached hydrogen (secondary N) is 2. The Morgan fingerprint density at radius 3 is 2.45 bits per heavy atom. The summed E-state index contributed by atoms with van der Waals surface area (Å²) in [6, 6.07) is 16.0. The zero-order valence-electron chi connectivity index (χ0n) is 27.3. The molecule has 1 aliphatic rings. The molecule has 1 aliphatic heterocycles. The van der Waals surface area contributed by atoms with Crippen molar-refractivity contribution in [2.24, 2.45) is 15.9 Å². The molecule has 14 nitrogen and oxygen atoms in total. The molecule has 0 saturated heterocycles. The highest BCUT2D eigenvalue weighted by Crippen LogP contribution is 2.35. The Kier molecular flexibility index (Phi) is 13.7. The van der Waals surface area contributed by atoms with Gasteiger partial charge in [-0.15, -0.1) is 4.91 Å². The second kappa shape index (κ2) is 18.1. The highest BCUT2D eigenvalue weighted by Gasteiger charge is 2.35. The number of carbonyl (C=O) groups excluding carboxylic acids is 2. The monoisotopic (exact) mass is 696 g/mol. The number of hydrogen-bond donors (Lipinski definition) is 5. The molecule has 262 valence electrons. The molecule has 1 heterocycles. The highest BCUT2D eigenvalue weighted by atomic mass is 35.5. The fourth-order valence-electron chi connectivity index (χ4n) is 5.23. The summed E-state index contributed by atoms with van der Waals surface area (Å²) in [5, 5.41) is 28.5. The quantitative estimate of drug-likeness (QED) is 0.0791. The van der Waals surface area contributed by atoms with Gasteiger partial charge in [0.25, 0.3) is 5.91 Å². The molecule has 0 aromatic heterocycles. The fraction of sp³-hybridized carbons (Fsp3) is 0.382. The van der Waals surface area contributed by atoms with Gasteiger partial charge >= 0.3 is 0 Å². The van der Waals surface area contributed by atoms with Gasteiger partial charge in [0.05, 0.1) is 50.2 Å². The van der Waals surface area contributed by atoms with E-state index in [0.717, 1.165) is 5.56 Å². The Labute approximate surface area is 289 Å². The molecule has 3 aromatic carbocycles. The van der Waals surface area contributed by atoms with E-state index in [1.54, 1.807) is 36.1 Å². The summed E-state index contributed by atoms with van der Waals surface area (Å²) < 4.78 is 17.1. The number of halogens is 1. The summed E-state index contributed by atoms with van der Waals surface area (Å²) in [6.45, 7) is 5.41. The summed E-state index contributed by atoms with van der Waals surface area (Å²) in [4.78, 5) is 43.3. The first kappa shape index (κ1) is 37.1. The molecule has 0 fully saturated rings.